The fourth-order valence-corrected chi connectivity index (χ4v) is 2.14. The monoisotopic (exact) mass is 221 g/mol. The van der Waals surface area contributed by atoms with Gasteiger partial charge < -0.3 is 9.64 Å². The van der Waals surface area contributed by atoms with Gasteiger partial charge in [-0.1, -0.05) is 0 Å². The number of nitrogens with zero attached hydrogens (tertiary/aromatic N) is 4. The van der Waals surface area contributed by atoms with Crippen LogP contribution in [0.4, 0.5) is 5.95 Å². The van der Waals surface area contributed by atoms with Crippen molar-refractivity contribution in [2.45, 2.75) is 6.04 Å². The Hall–Kier alpha value is -1.20. The Morgan fingerprint density at radius 2 is 1.88 bits per heavy atom. The molecule has 0 N–H and O–H groups in total. The summed E-state index contributed by atoms with van der Waals surface area (Å²) in [5, 5.41) is 0. The van der Waals surface area contributed by atoms with E-state index in [1.165, 1.54) is 0 Å². The van der Waals surface area contributed by atoms with Crippen molar-refractivity contribution in [2.24, 2.45) is 0 Å². The Bertz CT molecular complexity index is 374. The van der Waals surface area contributed by atoms with Crippen LogP contribution in [0.1, 0.15) is 1.37 Å². The highest BCUT2D eigenvalue weighted by Crippen LogP contribution is 2.15. The summed E-state index contributed by atoms with van der Waals surface area (Å²) in [6.45, 7) is 5.75. The van der Waals surface area contributed by atoms with E-state index in [9.17, 15) is 0 Å². The molecule has 0 aliphatic carbocycles. The zero-order valence-corrected chi connectivity index (χ0v) is 9.17. The minimum Gasteiger partial charge on any atom is -0.378 e. The maximum atomic E-state index is 7.36. The fraction of sp³-hybridized carbons (Fsp3) is 0.636. The van der Waals surface area contributed by atoms with Crippen LogP contribution in [-0.4, -0.2) is 60.3 Å². The van der Waals surface area contributed by atoms with Crippen LogP contribution in [0.25, 0.3) is 0 Å². The van der Waals surface area contributed by atoms with Crippen molar-refractivity contribution >= 4 is 5.95 Å². The van der Waals surface area contributed by atoms with Gasteiger partial charge in [0.15, 0.2) is 0 Å². The van der Waals surface area contributed by atoms with E-state index < -0.39 is 0 Å². The average Bonchev–Trinajstić information content (AvgIpc) is 2.29. The van der Waals surface area contributed by atoms with E-state index in [4.69, 9.17) is 6.11 Å². The molecule has 0 spiro atoms. The number of aromatic nitrogens is 2. The van der Waals surface area contributed by atoms with Crippen molar-refractivity contribution in [3.05, 3.63) is 18.4 Å². The molecule has 0 aromatic carbocycles. The van der Waals surface area contributed by atoms with Crippen molar-refractivity contribution in [3.63, 3.8) is 0 Å². The lowest BCUT2D eigenvalue weighted by Gasteiger charge is -2.42. The molecule has 0 radical (unpaired) electrons. The van der Waals surface area contributed by atoms with E-state index in [-0.39, 0.29) is 0 Å². The zero-order valence-electron chi connectivity index (χ0n) is 10.2. The summed E-state index contributed by atoms with van der Waals surface area (Å²) in [6, 6.07) is 0.979. The van der Waals surface area contributed by atoms with E-state index in [0.29, 0.717) is 12.1 Å². The molecule has 5 nitrogen and oxygen atoms in total. The molecule has 2 saturated heterocycles. The predicted octanol–water partition coefficient (Wildman–Crippen LogP) is -0.00260. The molecule has 0 saturated carbocycles. The molecule has 2 aliphatic rings. The highest BCUT2D eigenvalue weighted by Gasteiger charge is 2.29. The van der Waals surface area contributed by atoms with Gasteiger partial charge in [-0.05, 0) is 6.04 Å². The number of hydrogen-bond acceptors (Lipinski definition) is 5. The topological polar surface area (TPSA) is 41.5 Å². The molecule has 5 heteroatoms. The highest BCUT2D eigenvalue weighted by molar-refractivity contribution is 5.29. The molecule has 2 fully saturated rings. The van der Waals surface area contributed by atoms with Crippen LogP contribution in [0.5, 0.6) is 0 Å². The lowest BCUT2D eigenvalue weighted by molar-refractivity contribution is -0.0661. The summed E-state index contributed by atoms with van der Waals surface area (Å²) in [7, 11) is 0. The first kappa shape index (κ1) is 8.90. The van der Waals surface area contributed by atoms with Crippen LogP contribution in [0.3, 0.4) is 0 Å². The number of rotatable bonds is 2. The lowest BCUT2D eigenvalue weighted by atomic mass is 10.2. The second kappa shape index (κ2) is 4.35. The maximum absolute atomic E-state index is 7.36. The second-order valence-electron chi connectivity index (χ2n) is 4.20. The molecule has 86 valence electrons. The summed E-state index contributed by atoms with van der Waals surface area (Å²) in [4.78, 5) is 13.0. The van der Waals surface area contributed by atoms with Crippen molar-refractivity contribution in [1.29, 1.82) is 0 Å². The molecular formula is C11H16N4O. The van der Waals surface area contributed by atoms with Gasteiger partial charge in [0.25, 0.3) is 0 Å². The third-order valence-corrected chi connectivity index (χ3v) is 3.24. The predicted molar refractivity (Wildman–Crippen MR) is 60.4 cm³/mol. The average molecular weight is 221 g/mol. The third kappa shape index (κ3) is 1.88. The van der Waals surface area contributed by atoms with Gasteiger partial charge in [0, 0.05) is 38.6 Å². The largest absolute Gasteiger partial charge is 0.378 e. The smallest absolute Gasteiger partial charge is 0.225 e. The van der Waals surface area contributed by atoms with Crippen LogP contribution in [0.15, 0.2) is 18.4 Å². The van der Waals surface area contributed by atoms with Gasteiger partial charge in [-0.15, -0.1) is 0 Å². The summed E-state index contributed by atoms with van der Waals surface area (Å²) in [5.74, 6) is 0.741. The highest BCUT2D eigenvalue weighted by atomic mass is 16.5. The van der Waals surface area contributed by atoms with Gasteiger partial charge in [0.05, 0.1) is 20.6 Å². The van der Waals surface area contributed by atoms with Crippen molar-refractivity contribution < 1.29 is 6.11 Å². The van der Waals surface area contributed by atoms with E-state index in [1.807, 2.05) is 0 Å². The SMILES string of the molecule is [2H]c1cnc(N2CCN(C3COC3)CC2)nc1. The Labute approximate surface area is 96.5 Å². The number of ether oxygens (including phenoxy) is 1. The molecule has 0 atom stereocenters. The molecule has 0 amide bonds. The van der Waals surface area contributed by atoms with Gasteiger partial charge in [0.2, 0.25) is 5.95 Å². The molecule has 3 heterocycles. The number of anilines is 1. The normalized spacial score (nSPS) is 24.0. The first-order chi connectivity index (χ1) is 8.33. The lowest BCUT2D eigenvalue weighted by Crippen LogP contribution is -2.56. The van der Waals surface area contributed by atoms with Crippen LogP contribution in [0.2, 0.25) is 0 Å². The first-order valence-corrected chi connectivity index (χ1v) is 5.68. The number of hydrogen-bond donors (Lipinski definition) is 0. The van der Waals surface area contributed by atoms with E-state index >= 15 is 0 Å². The van der Waals surface area contributed by atoms with Gasteiger partial charge in [-0.3, -0.25) is 4.90 Å². The number of piperazine rings is 1. The zero-order chi connectivity index (χ0) is 11.7. The molecule has 1 aromatic heterocycles. The summed E-state index contributed by atoms with van der Waals surface area (Å²) < 4.78 is 12.6. The van der Waals surface area contributed by atoms with Crippen LogP contribution >= 0.6 is 0 Å². The molecular weight excluding hydrogens is 204 g/mol. The Balaban J connectivity index is 1.58. The first-order valence-electron chi connectivity index (χ1n) is 6.18. The maximum Gasteiger partial charge on any atom is 0.225 e. The standard InChI is InChI=1S/C11H16N4O/c1-2-12-11(13-3-1)15-6-4-14(5-7-15)10-8-16-9-10/h1-3,10H,4-9H2/i1D. The van der Waals surface area contributed by atoms with Crippen molar-refractivity contribution in [3.8, 4) is 0 Å². The van der Waals surface area contributed by atoms with Crippen LogP contribution < -0.4 is 4.90 Å². The van der Waals surface area contributed by atoms with E-state index in [0.717, 1.165) is 45.3 Å². The van der Waals surface area contributed by atoms with E-state index in [1.54, 1.807) is 12.4 Å². The fourth-order valence-electron chi connectivity index (χ4n) is 2.14. The van der Waals surface area contributed by atoms with Gasteiger partial charge >= 0.3 is 0 Å². The van der Waals surface area contributed by atoms with Crippen LogP contribution in [-0.2, 0) is 4.74 Å². The van der Waals surface area contributed by atoms with Gasteiger partial charge in [0.1, 0.15) is 0 Å². The minimum atomic E-state index is 0.360. The third-order valence-electron chi connectivity index (χ3n) is 3.24. The van der Waals surface area contributed by atoms with Crippen molar-refractivity contribution in [2.75, 3.05) is 44.3 Å². The Morgan fingerprint density at radius 1 is 1.19 bits per heavy atom. The molecule has 3 rings (SSSR count). The summed E-state index contributed by atoms with van der Waals surface area (Å²) >= 11 is 0. The van der Waals surface area contributed by atoms with Crippen molar-refractivity contribution in [1.82, 2.24) is 14.9 Å². The van der Waals surface area contributed by atoms with Gasteiger partial charge in [-0.2, -0.15) is 0 Å². The molecule has 1 aromatic rings. The summed E-state index contributed by atoms with van der Waals surface area (Å²) in [6.07, 6.45) is 3.10. The Kier molecular flexibility index (Phi) is 2.42. The van der Waals surface area contributed by atoms with E-state index in [2.05, 4.69) is 19.8 Å². The van der Waals surface area contributed by atoms with Gasteiger partial charge in [-0.25, -0.2) is 9.97 Å². The Morgan fingerprint density at radius 3 is 2.44 bits per heavy atom. The summed E-state index contributed by atoms with van der Waals surface area (Å²) in [5.41, 5.74) is 0. The molecule has 0 unspecified atom stereocenters. The second-order valence-corrected chi connectivity index (χ2v) is 4.20. The molecule has 16 heavy (non-hydrogen) atoms. The molecule has 0 bridgehead atoms. The van der Waals surface area contributed by atoms with Crippen LogP contribution in [0, 0.1) is 0 Å². The minimum absolute atomic E-state index is 0.360. The molecule has 2 aliphatic heterocycles. The quantitative estimate of drug-likeness (QED) is 0.703.